The fraction of sp³-hybridized carbons (Fsp3) is 0.417. The fourth-order valence-electron chi connectivity index (χ4n) is 1.49. The van der Waals surface area contributed by atoms with Crippen molar-refractivity contribution in [3.63, 3.8) is 0 Å². The molecule has 88 valence electrons. The van der Waals surface area contributed by atoms with E-state index in [4.69, 9.17) is 0 Å². The van der Waals surface area contributed by atoms with Crippen LogP contribution in [-0.4, -0.2) is 21.1 Å². The van der Waals surface area contributed by atoms with Gasteiger partial charge in [0.25, 0.3) is 0 Å². The third-order valence-corrected chi connectivity index (χ3v) is 2.75. The number of hydrogen-bond acceptors (Lipinski definition) is 4. The number of aromatic hydroxyl groups is 3. The molecule has 0 amide bonds. The van der Waals surface area contributed by atoms with E-state index in [2.05, 4.69) is 0 Å². The number of carbonyl (C=O) groups excluding carboxylic acids is 1. The van der Waals surface area contributed by atoms with Crippen molar-refractivity contribution in [1.29, 1.82) is 0 Å². The van der Waals surface area contributed by atoms with Crippen molar-refractivity contribution >= 4 is 5.78 Å². The molecule has 0 radical (unpaired) electrons. The Balaban J connectivity index is 3.17. The Morgan fingerprint density at radius 3 is 2.38 bits per heavy atom. The molecule has 4 heteroatoms. The molecule has 1 atom stereocenters. The molecule has 0 aliphatic carbocycles. The molecule has 0 spiro atoms. The van der Waals surface area contributed by atoms with E-state index >= 15 is 0 Å². The van der Waals surface area contributed by atoms with E-state index in [9.17, 15) is 20.1 Å². The third-order valence-electron chi connectivity index (χ3n) is 2.75. The molecule has 1 rings (SSSR count). The topological polar surface area (TPSA) is 77.8 Å². The zero-order valence-electron chi connectivity index (χ0n) is 9.61. The predicted octanol–water partition coefficient (Wildman–Crippen LogP) is 1.88. The van der Waals surface area contributed by atoms with Crippen LogP contribution in [0.15, 0.2) is 6.07 Å². The van der Waals surface area contributed by atoms with E-state index in [1.54, 1.807) is 13.8 Å². The molecule has 0 saturated heterocycles. The normalized spacial score (nSPS) is 12.4. The van der Waals surface area contributed by atoms with Crippen LogP contribution in [0, 0.1) is 12.8 Å². The van der Waals surface area contributed by atoms with E-state index in [1.165, 1.54) is 13.0 Å². The highest BCUT2D eigenvalue weighted by Gasteiger charge is 2.19. The number of benzene rings is 1. The Bertz CT molecular complexity index is 397. The van der Waals surface area contributed by atoms with Gasteiger partial charge in [-0.1, -0.05) is 6.92 Å². The second-order valence-electron chi connectivity index (χ2n) is 4.10. The maximum absolute atomic E-state index is 11.1. The minimum Gasteiger partial charge on any atom is -0.507 e. The first kappa shape index (κ1) is 12.4. The monoisotopic (exact) mass is 224 g/mol. The van der Waals surface area contributed by atoms with E-state index in [0.29, 0.717) is 5.56 Å². The van der Waals surface area contributed by atoms with Crippen molar-refractivity contribution in [2.24, 2.45) is 5.92 Å². The highest BCUT2D eigenvalue weighted by Crippen LogP contribution is 2.39. The maximum Gasteiger partial charge on any atom is 0.164 e. The quantitative estimate of drug-likeness (QED) is 0.541. The van der Waals surface area contributed by atoms with Gasteiger partial charge in [-0.2, -0.15) is 0 Å². The summed E-state index contributed by atoms with van der Waals surface area (Å²) < 4.78 is 0. The van der Waals surface area contributed by atoms with Gasteiger partial charge in [-0.15, -0.1) is 0 Å². The van der Waals surface area contributed by atoms with Crippen LogP contribution in [0.4, 0.5) is 0 Å². The van der Waals surface area contributed by atoms with Gasteiger partial charge in [-0.3, -0.25) is 4.79 Å². The van der Waals surface area contributed by atoms with Crippen LogP contribution >= 0.6 is 0 Å². The Hall–Kier alpha value is -1.71. The van der Waals surface area contributed by atoms with Crippen LogP contribution in [0.3, 0.4) is 0 Å². The van der Waals surface area contributed by atoms with Crippen LogP contribution in [0.1, 0.15) is 25.0 Å². The Morgan fingerprint density at radius 1 is 1.31 bits per heavy atom. The highest BCUT2D eigenvalue weighted by atomic mass is 16.3. The Labute approximate surface area is 94.2 Å². The summed E-state index contributed by atoms with van der Waals surface area (Å²) in [5, 5.41) is 28.8. The lowest BCUT2D eigenvalue weighted by Gasteiger charge is -2.13. The zero-order chi connectivity index (χ0) is 12.5. The summed E-state index contributed by atoms with van der Waals surface area (Å²) in [5.74, 6) is -1.03. The lowest BCUT2D eigenvalue weighted by molar-refractivity contribution is -0.120. The molecule has 1 aromatic rings. The van der Waals surface area contributed by atoms with E-state index < -0.39 is 0 Å². The maximum atomic E-state index is 11.1. The Morgan fingerprint density at radius 2 is 1.88 bits per heavy atom. The number of hydrogen-bond donors (Lipinski definition) is 3. The van der Waals surface area contributed by atoms with Crippen LogP contribution in [0.2, 0.25) is 0 Å². The third kappa shape index (κ3) is 2.27. The number of aryl methyl sites for hydroxylation is 1. The summed E-state index contributed by atoms with van der Waals surface area (Å²) in [6.07, 6.45) is 0.211. The molecule has 0 aromatic heterocycles. The standard InChI is InChI=1S/C12H16O4/c1-6(8(3)13)4-9-11(15)7(2)5-10(14)12(9)16/h5-6,14-16H,4H2,1-3H3. The summed E-state index contributed by atoms with van der Waals surface area (Å²) >= 11 is 0. The molecule has 0 saturated carbocycles. The van der Waals surface area contributed by atoms with Gasteiger partial charge in [-0.05, 0) is 31.9 Å². The van der Waals surface area contributed by atoms with Gasteiger partial charge >= 0.3 is 0 Å². The van der Waals surface area contributed by atoms with Crippen LogP contribution in [-0.2, 0) is 11.2 Å². The van der Waals surface area contributed by atoms with E-state index in [1.807, 2.05) is 0 Å². The average molecular weight is 224 g/mol. The molecule has 0 fully saturated rings. The minimum absolute atomic E-state index is 0.0280. The summed E-state index contributed by atoms with van der Waals surface area (Å²) in [7, 11) is 0. The molecule has 3 N–H and O–H groups in total. The SMILES string of the molecule is CC(=O)C(C)Cc1c(O)c(C)cc(O)c1O. The van der Waals surface area contributed by atoms with Gasteiger partial charge in [0.15, 0.2) is 11.5 Å². The molecule has 1 aromatic carbocycles. The number of phenols is 3. The van der Waals surface area contributed by atoms with Crippen molar-refractivity contribution in [3.05, 3.63) is 17.2 Å². The first-order chi connectivity index (χ1) is 7.34. The van der Waals surface area contributed by atoms with Crippen LogP contribution in [0.25, 0.3) is 0 Å². The summed E-state index contributed by atoms with van der Waals surface area (Å²) in [6, 6.07) is 1.28. The molecule has 0 aliphatic rings. The van der Waals surface area contributed by atoms with Gasteiger partial charge < -0.3 is 15.3 Å². The second-order valence-corrected chi connectivity index (χ2v) is 4.10. The summed E-state index contributed by atoms with van der Waals surface area (Å²) in [6.45, 7) is 4.78. The van der Waals surface area contributed by atoms with Crippen LogP contribution < -0.4 is 0 Å². The number of rotatable bonds is 3. The second kappa shape index (κ2) is 4.43. The summed E-state index contributed by atoms with van der Waals surface area (Å²) in [4.78, 5) is 11.1. The number of carbonyl (C=O) groups is 1. The molecule has 16 heavy (non-hydrogen) atoms. The average Bonchev–Trinajstić information content (AvgIpc) is 2.21. The van der Waals surface area contributed by atoms with Crippen molar-refractivity contribution in [1.82, 2.24) is 0 Å². The van der Waals surface area contributed by atoms with Crippen LogP contribution in [0.5, 0.6) is 17.2 Å². The van der Waals surface area contributed by atoms with E-state index in [-0.39, 0.29) is 40.9 Å². The molecule has 0 heterocycles. The molecular formula is C12H16O4. The van der Waals surface area contributed by atoms with Crippen molar-refractivity contribution in [3.8, 4) is 17.2 Å². The Kier molecular flexibility index (Phi) is 3.42. The molecular weight excluding hydrogens is 208 g/mol. The minimum atomic E-state index is -0.351. The first-order valence-corrected chi connectivity index (χ1v) is 5.08. The van der Waals surface area contributed by atoms with Gasteiger partial charge in [0.2, 0.25) is 0 Å². The lowest BCUT2D eigenvalue weighted by Crippen LogP contribution is -2.10. The molecule has 4 nitrogen and oxygen atoms in total. The zero-order valence-corrected chi connectivity index (χ0v) is 9.61. The number of Topliss-reactive ketones (excluding diaryl/α,β-unsaturated/α-hetero) is 1. The van der Waals surface area contributed by atoms with Crippen molar-refractivity contribution in [2.75, 3.05) is 0 Å². The number of phenolic OH excluding ortho intramolecular Hbond substituents is 3. The lowest BCUT2D eigenvalue weighted by atomic mass is 9.95. The van der Waals surface area contributed by atoms with Gasteiger partial charge in [-0.25, -0.2) is 0 Å². The van der Waals surface area contributed by atoms with E-state index in [0.717, 1.165) is 0 Å². The molecule has 1 unspecified atom stereocenters. The summed E-state index contributed by atoms with van der Waals surface area (Å²) in [5.41, 5.74) is 0.696. The van der Waals surface area contributed by atoms with Gasteiger partial charge in [0, 0.05) is 11.5 Å². The first-order valence-electron chi connectivity index (χ1n) is 5.08. The predicted molar refractivity (Wildman–Crippen MR) is 59.7 cm³/mol. The number of ketones is 1. The van der Waals surface area contributed by atoms with Gasteiger partial charge in [0.05, 0.1) is 0 Å². The van der Waals surface area contributed by atoms with Gasteiger partial charge in [0.1, 0.15) is 11.5 Å². The largest absolute Gasteiger partial charge is 0.507 e. The molecule has 0 bridgehead atoms. The van der Waals surface area contributed by atoms with Crippen molar-refractivity contribution in [2.45, 2.75) is 27.2 Å². The highest BCUT2D eigenvalue weighted by molar-refractivity contribution is 5.78. The fourth-order valence-corrected chi connectivity index (χ4v) is 1.49. The molecule has 0 aliphatic heterocycles. The van der Waals surface area contributed by atoms with Crippen molar-refractivity contribution < 1.29 is 20.1 Å². The smallest absolute Gasteiger partial charge is 0.164 e.